The minimum Gasteiger partial charge on any atom is -0.462 e. The molecular formula is C46H71ClN2O3. The van der Waals surface area contributed by atoms with Gasteiger partial charge in [-0.15, -0.1) is 0 Å². The number of hydrogen-bond acceptors (Lipinski definition) is 5. The highest BCUT2D eigenvalue weighted by atomic mass is 35.5. The van der Waals surface area contributed by atoms with E-state index < -0.39 is 0 Å². The fourth-order valence-corrected chi connectivity index (χ4v) is 13.6. The van der Waals surface area contributed by atoms with E-state index >= 15 is 0 Å². The van der Waals surface area contributed by atoms with Crippen molar-refractivity contribution in [1.29, 1.82) is 0 Å². The van der Waals surface area contributed by atoms with Crippen LogP contribution in [0.25, 0.3) is 0 Å². The molecule has 6 rings (SSSR count). The van der Waals surface area contributed by atoms with Gasteiger partial charge < -0.3 is 15.0 Å². The van der Waals surface area contributed by atoms with Crippen LogP contribution in [0, 0.1) is 56.7 Å². The zero-order valence-electron chi connectivity index (χ0n) is 34.6. The molecular weight excluding hydrogens is 664 g/mol. The highest BCUT2D eigenvalue weighted by Crippen LogP contribution is 2.73. The van der Waals surface area contributed by atoms with Crippen molar-refractivity contribution >= 4 is 23.4 Å². The number of nitrogens with one attached hydrogen (secondary N) is 1. The second-order valence-corrected chi connectivity index (χ2v) is 21.4. The smallest absolute Gasteiger partial charge is 0.306 e. The normalized spacial score (nSPS) is 35.7. The van der Waals surface area contributed by atoms with Gasteiger partial charge in [0, 0.05) is 35.4 Å². The van der Waals surface area contributed by atoms with Crippen molar-refractivity contribution < 1.29 is 14.3 Å². The van der Waals surface area contributed by atoms with E-state index in [0.29, 0.717) is 42.3 Å². The molecule has 52 heavy (non-hydrogen) atoms. The summed E-state index contributed by atoms with van der Waals surface area (Å²) in [6.07, 6.45) is 11.6. The van der Waals surface area contributed by atoms with E-state index in [9.17, 15) is 9.59 Å². The number of ether oxygens (including phenoxy) is 1. The standard InChI is InChI=1S/C46H71ClN2O3/c1-29(2)40-35(50)25-46(22-23-48-27-30-12-13-32(47)24-31(30)28-49(10)11)21-16-34-33(41(40)46)14-15-37-44(34,8)19-17-36-43(6,7)38(18-20-45(36,37)9)52-39(51)26-42(3,4)5/h12-13,24,29,33-34,36-38,48H,14-23,25-28H2,1-11H3. The third kappa shape index (κ3) is 7.23. The summed E-state index contributed by atoms with van der Waals surface area (Å²) in [4.78, 5) is 29.3. The molecule has 0 saturated heterocycles. The lowest BCUT2D eigenvalue weighted by molar-refractivity contribution is -0.213. The summed E-state index contributed by atoms with van der Waals surface area (Å²) < 4.78 is 6.33. The maximum absolute atomic E-state index is 14.0. The number of nitrogens with zero attached hydrogens (tertiary/aromatic N) is 1. The zero-order valence-corrected chi connectivity index (χ0v) is 35.4. The van der Waals surface area contributed by atoms with Gasteiger partial charge in [0.05, 0.1) is 6.42 Å². The number of benzene rings is 1. The van der Waals surface area contributed by atoms with Gasteiger partial charge in [-0.1, -0.05) is 85.6 Å². The Kier molecular flexibility index (Phi) is 11.1. The lowest BCUT2D eigenvalue weighted by Crippen LogP contribution is -2.63. The molecule has 0 aliphatic heterocycles. The summed E-state index contributed by atoms with van der Waals surface area (Å²) in [7, 11) is 4.20. The Morgan fingerprint density at radius 2 is 1.67 bits per heavy atom. The Hall–Kier alpha value is -1.69. The van der Waals surface area contributed by atoms with Crippen LogP contribution in [0.3, 0.4) is 0 Å². The molecule has 6 heteroatoms. The van der Waals surface area contributed by atoms with Crippen molar-refractivity contribution in [1.82, 2.24) is 10.2 Å². The van der Waals surface area contributed by atoms with E-state index in [2.05, 4.69) is 98.8 Å². The average Bonchev–Trinajstić information content (AvgIpc) is 3.32. The summed E-state index contributed by atoms with van der Waals surface area (Å²) >= 11 is 6.39. The van der Waals surface area contributed by atoms with Crippen LogP contribution in [0.4, 0.5) is 0 Å². The topological polar surface area (TPSA) is 58.6 Å². The Balaban J connectivity index is 1.21. The largest absolute Gasteiger partial charge is 0.462 e. The van der Waals surface area contributed by atoms with Crippen molar-refractivity contribution in [2.45, 2.75) is 152 Å². The minimum absolute atomic E-state index is 0.00139. The van der Waals surface area contributed by atoms with Crippen molar-refractivity contribution in [3.05, 3.63) is 45.5 Å². The number of carbonyl (C=O) groups is 2. The third-order valence-electron chi connectivity index (χ3n) is 15.4. The molecule has 8 atom stereocenters. The molecule has 4 saturated carbocycles. The Bertz CT molecular complexity index is 1550. The fraction of sp³-hybridized carbons (Fsp3) is 0.783. The second kappa shape index (κ2) is 14.4. The van der Waals surface area contributed by atoms with Gasteiger partial charge in [0.15, 0.2) is 5.78 Å². The van der Waals surface area contributed by atoms with Gasteiger partial charge in [0.2, 0.25) is 0 Å². The van der Waals surface area contributed by atoms with Crippen molar-refractivity contribution in [3.63, 3.8) is 0 Å². The minimum atomic E-state index is -0.0636. The molecule has 1 aromatic carbocycles. The summed E-state index contributed by atoms with van der Waals surface area (Å²) in [5.41, 5.74) is 5.75. The van der Waals surface area contributed by atoms with Crippen LogP contribution in [-0.2, 0) is 27.4 Å². The number of esters is 1. The number of ketones is 1. The highest BCUT2D eigenvalue weighted by molar-refractivity contribution is 6.30. The molecule has 0 amide bonds. The van der Waals surface area contributed by atoms with Gasteiger partial charge in [-0.2, -0.15) is 0 Å². The maximum atomic E-state index is 14.0. The zero-order chi connectivity index (χ0) is 38.0. The summed E-state index contributed by atoms with van der Waals surface area (Å²) in [6, 6.07) is 6.27. The number of carbonyl (C=O) groups excluding carboxylic acids is 2. The van der Waals surface area contributed by atoms with Crippen LogP contribution in [-0.4, -0.2) is 43.4 Å². The molecule has 0 heterocycles. The average molecular weight is 736 g/mol. The van der Waals surface area contributed by atoms with Crippen LogP contribution in [0.5, 0.6) is 0 Å². The van der Waals surface area contributed by atoms with Crippen molar-refractivity contribution in [2.75, 3.05) is 20.6 Å². The molecule has 8 unspecified atom stereocenters. The van der Waals surface area contributed by atoms with Gasteiger partial charge >= 0.3 is 5.97 Å². The first kappa shape index (κ1) is 40.0. The lowest BCUT2D eigenvalue weighted by Gasteiger charge is -2.69. The summed E-state index contributed by atoms with van der Waals surface area (Å²) in [5, 5.41) is 4.60. The molecule has 5 aliphatic carbocycles. The van der Waals surface area contributed by atoms with Crippen molar-refractivity contribution in [2.24, 2.45) is 56.7 Å². The highest BCUT2D eigenvalue weighted by Gasteiger charge is 2.66. The van der Waals surface area contributed by atoms with Gasteiger partial charge in [-0.05, 0) is 153 Å². The lowest BCUT2D eigenvalue weighted by atomic mass is 9.36. The quantitative estimate of drug-likeness (QED) is 0.192. The number of fused-ring (bicyclic) bond motifs is 7. The van der Waals surface area contributed by atoms with Gasteiger partial charge in [0.1, 0.15) is 6.10 Å². The molecule has 1 aromatic rings. The number of hydrogen-bond donors (Lipinski definition) is 1. The molecule has 4 fully saturated rings. The molecule has 5 nitrogen and oxygen atoms in total. The van der Waals surface area contributed by atoms with E-state index in [1.165, 1.54) is 48.8 Å². The van der Waals surface area contributed by atoms with Crippen LogP contribution < -0.4 is 5.32 Å². The number of allylic oxidation sites excluding steroid dienone is 2. The monoisotopic (exact) mass is 735 g/mol. The van der Waals surface area contributed by atoms with E-state index in [0.717, 1.165) is 50.3 Å². The van der Waals surface area contributed by atoms with Crippen LogP contribution in [0.2, 0.25) is 5.02 Å². The first-order chi connectivity index (χ1) is 24.2. The van der Waals surface area contributed by atoms with Crippen molar-refractivity contribution in [3.8, 4) is 0 Å². The molecule has 5 aliphatic rings. The predicted octanol–water partition coefficient (Wildman–Crippen LogP) is 10.8. The molecule has 1 N–H and O–H groups in total. The number of Topliss-reactive ketones (excluding diaryl/α,β-unsaturated/α-hetero) is 1. The van der Waals surface area contributed by atoms with Crippen LogP contribution in [0.1, 0.15) is 144 Å². The van der Waals surface area contributed by atoms with Gasteiger partial charge in [0.25, 0.3) is 0 Å². The van der Waals surface area contributed by atoms with Crippen LogP contribution >= 0.6 is 11.6 Å². The van der Waals surface area contributed by atoms with E-state index in [4.69, 9.17) is 16.3 Å². The van der Waals surface area contributed by atoms with E-state index in [1.807, 2.05) is 6.07 Å². The SMILES string of the molecule is CC(C)C1=C2C3CCC4C(C)(CCC5C(C)(C)C(OC(=O)CC(C)(C)C)CCC54C)C3CCC2(CCNCc2ccc(Cl)cc2CN(C)C)CC1=O. The molecule has 0 aromatic heterocycles. The molecule has 0 radical (unpaired) electrons. The predicted molar refractivity (Wildman–Crippen MR) is 214 cm³/mol. The first-order valence-electron chi connectivity index (χ1n) is 20.8. The Morgan fingerprint density at radius 3 is 2.35 bits per heavy atom. The van der Waals surface area contributed by atoms with Gasteiger partial charge in [-0.25, -0.2) is 0 Å². The Morgan fingerprint density at radius 1 is 0.962 bits per heavy atom. The fourth-order valence-electron chi connectivity index (χ4n) is 13.4. The third-order valence-corrected chi connectivity index (χ3v) is 15.6. The molecule has 0 bridgehead atoms. The van der Waals surface area contributed by atoms with E-state index in [1.54, 1.807) is 5.57 Å². The molecule has 0 spiro atoms. The summed E-state index contributed by atoms with van der Waals surface area (Å²) in [5.74, 6) is 3.03. The maximum Gasteiger partial charge on any atom is 0.306 e. The second-order valence-electron chi connectivity index (χ2n) is 21.0. The Labute approximate surface area is 321 Å². The summed E-state index contributed by atoms with van der Waals surface area (Å²) in [6.45, 7) is 23.6. The van der Waals surface area contributed by atoms with Gasteiger partial charge in [-0.3, -0.25) is 9.59 Å². The first-order valence-corrected chi connectivity index (χ1v) is 21.2. The number of rotatable bonds is 10. The van der Waals surface area contributed by atoms with E-state index in [-0.39, 0.29) is 45.1 Å². The number of halogens is 1. The van der Waals surface area contributed by atoms with Crippen LogP contribution in [0.15, 0.2) is 29.3 Å². The molecule has 290 valence electrons.